The first-order valence-corrected chi connectivity index (χ1v) is 14.2. The summed E-state index contributed by atoms with van der Waals surface area (Å²) in [5.41, 5.74) is 7.09. The fraction of sp³-hybridized carbons (Fsp3) is 0.444. The fourth-order valence-electron chi connectivity index (χ4n) is 5.43. The van der Waals surface area contributed by atoms with E-state index in [0.717, 1.165) is 17.8 Å². The summed E-state index contributed by atoms with van der Waals surface area (Å²) in [6.07, 6.45) is 8.50. The van der Waals surface area contributed by atoms with Crippen LogP contribution >= 0.6 is 0 Å². The lowest BCUT2D eigenvalue weighted by molar-refractivity contribution is 0.134. The highest BCUT2D eigenvalue weighted by Crippen LogP contribution is 2.38. The third-order valence-corrected chi connectivity index (χ3v) is 9.36. The topological polar surface area (TPSA) is 104 Å². The Bertz CT molecular complexity index is 1250. The summed E-state index contributed by atoms with van der Waals surface area (Å²) in [6, 6.07) is 12.6. The monoisotopic (exact) mass is 527 g/mol. The van der Waals surface area contributed by atoms with Crippen LogP contribution in [0.4, 0.5) is 5.82 Å². The average Bonchev–Trinajstić information content (AvgIpc) is 3.46. The van der Waals surface area contributed by atoms with E-state index in [4.69, 9.17) is 24.9 Å². The van der Waals surface area contributed by atoms with Crippen LogP contribution in [0.15, 0.2) is 71.3 Å². The van der Waals surface area contributed by atoms with Crippen molar-refractivity contribution in [2.24, 2.45) is 5.73 Å². The van der Waals surface area contributed by atoms with Gasteiger partial charge >= 0.3 is 0 Å². The number of pyridine rings is 1. The zero-order valence-electron chi connectivity index (χ0n) is 21.2. The summed E-state index contributed by atoms with van der Waals surface area (Å²) in [5, 5.41) is 0. The number of rotatable bonds is 8. The molecule has 2 atom stereocenters. The van der Waals surface area contributed by atoms with Crippen LogP contribution in [0, 0.1) is 0 Å². The molecule has 4 heterocycles. The minimum atomic E-state index is -3.53. The van der Waals surface area contributed by atoms with E-state index in [-0.39, 0.29) is 12.1 Å². The van der Waals surface area contributed by atoms with E-state index < -0.39 is 10.0 Å². The van der Waals surface area contributed by atoms with Crippen molar-refractivity contribution in [2.75, 3.05) is 46.5 Å². The third-order valence-electron chi connectivity index (χ3n) is 7.45. The number of nitrogens with two attached hydrogens (primary N) is 1. The van der Waals surface area contributed by atoms with Crippen LogP contribution in [0.25, 0.3) is 0 Å². The van der Waals surface area contributed by atoms with Crippen LogP contribution in [-0.4, -0.2) is 76.4 Å². The van der Waals surface area contributed by atoms with E-state index in [2.05, 4.69) is 18.4 Å². The van der Waals surface area contributed by atoms with E-state index in [1.54, 1.807) is 35.7 Å². The summed E-state index contributed by atoms with van der Waals surface area (Å²) < 4.78 is 45.7. The summed E-state index contributed by atoms with van der Waals surface area (Å²) in [6.45, 7) is 3.20. The Kier molecular flexibility index (Phi) is 7.64. The van der Waals surface area contributed by atoms with Crippen molar-refractivity contribution in [3.8, 4) is 11.6 Å². The number of quaternary nitrogens is 1. The van der Waals surface area contributed by atoms with Gasteiger partial charge in [-0.05, 0) is 24.3 Å². The van der Waals surface area contributed by atoms with Crippen molar-refractivity contribution in [3.63, 3.8) is 0 Å². The second-order valence-electron chi connectivity index (χ2n) is 9.65. The number of aromatic nitrogens is 1. The summed E-state index contributed by atoms with van der Waals surface area (Å²) >= 11 is 0. The zero-order valence-corrected chi connectivity index (χ0v) is 22.0. The van der Waals surface area contributed by atoms with Crippen molar-refractivity contribution in [3.05, 3.63) is 66.4 Å². The Morgan fingerprint density at radius 2 is 1.92 bits per heavy atom. The minimum Gasteiger partial charge on any atom is -0.491 e. The van der Waals surface area contributed by atoms with Gasteiger partial charge in [-0.25, -0.2) is 12.9 Å². The molecule has 37 heavy (non-hydrogen) atoms. The maximum Gasteiger partial charge on any atom is 0.262 e. The average molecular weight is 528 g/mol. The molecule has 2 aromatic rings. The highest BCUT2D eigenvalue weighted by molar-refractivity contribution is 7.89. The van der Waals surface area contributed by atoms with Gasteiger partial charge in [-0.1, -0.05) is 24.3 Å². The quantitative estimate of drug-likeness (QED) is 0.527. The molecular weight excluding hydrogens is 492 g/mol. The minimum absolute atomic E-state index is 0.0621. The molecule has 1 aromatic heterocycles. The first-order chi connectivity index (χ1) is 18.0. The molecule has 2 unspecified atom stereocenters. The van der Waals surface area contributed by atoms with Crippen molar-refractivity contribution >= 4 is 15.8 Å². The molecule has 1 aromatic carbocycles. The van der Waals surface area contributed by atoms with E-state index >= 15 is 0 Å². The van der Waals surface area contributed by atoms with Gasteiger partial charge in [0.05, 0.1) is 25.2 Å². The first kappa shape index (κ1) is 25.9. The first-order valence-electron chi connectivity index (χ1n) is 12.8. The van der Waals surface area contributed by atoms with Gasteiger partial charge in [-0.2, -0.15) is 9.29 Å². The zero-order chi connectivity index (χ0) is 25.9. The van der Waals surface area contributed by atoms with Gasteiger partial charge in [0.25, 0.3) is 5.88 Å². The lowest BCUT2D eigenvalue weighted by Crippen LogP contribution is -2.58. The Balaban J connectivity index is 1.45. The third kappa shape index (κ3) is 5.17. The Morgan fingerprint density at radius 3 is 2.59 bits per heavy atom. The van der Waals surface area contributed by atoms with E-state index in [9.17, 15) is 8.42 Å². The van der Waals surface area contributed by atoms with Gasteiger partial charge in [0.15, 0.2) is 5.75 Å². The molecule has 2 N–H and O–H groups in total. The predicted molar refractivity (Wildman–Crippen MR) is 142 cm³/mol. The molecule has 0 amide bonds. The molecule has 0 saturated carbocycles. The molecule has 2 saturated heterocycles. The van der Waals surface area contributed by atoms with Crippen molar-refractivity contribution in [1.29, 1.82) is 0 Å². The molecule has 9 nitrogen and oxygen atoms in total. The molecule has 5 rings (SSSR count). The maximum atomic E-state index is 13.2. The van der Waals surface area contributed by atoms with E-state index in [1.807, 2.05) is 18.2 Å². The summed E-state index contributed by atoms with van der Waals surface area (Å²) in [7, 11) is -1.92. The van der Waals surface area contributed by atoms with Gasteiger partial charge in [0, 0.05) is 50.5 Å². The highest BCUT2D eigenvalue weighted by atomic mass is 32.2. The highest BCUT2D eigenvalue weighted by Gasteiger charge is 2.44. The lowest BCUT2D eigenvalue weighted by atomic mass is 9.99. The molecule has 0 bridgehead atoms. The number of hydrogen-bond acceptors (Lipinski definition) is 7. The number of hydrogen-bond donors (Lipinski definition) is 1. The molecular formula is C27H35N4O5S+. The summed E-state index contributed by atoms with van der Waals surface area (Å²) in [5.74, 6) is 1.86. The lowest BCUT2D eigenvalue weighted by Gasteiger charge is -2.44. The molecule has 2 fully saturated rings. The van der Waals surface area contributed by atoms with Gasteiger partial charge in [0.2, 0.25) is 15.8 Å². The molecule has 3 aliphatic heterocycles. The van der Waals surface area contributed by atoms with E-state index in [0.29, 0.717) is 73.2 Å². The summed E-state index contributed by atoms with van der Waals surface area (Å²) in [4.78, 5) is 5.31. The number of benzene rings is 1. The SMILES string of the molecule is COc1ccc([N+]2(C3CCN(S(=O)(=O)c4ccccc4)CC3)C=C(CN)C=CC2)nc1OC1CCOC1. The van der Waals surface area contributed by atoms with Gasteiger partial charge in [0.1, 0.15) is 24.9 Å². The van der Waals surface area contributed by atoms with Gasteiger partial charge in [-0.3, -0.25) is 0 Å². The molecule has 10 heteroatoms. The van der Waals surface area contributed by atoms with Crippen molar-refractivity contribution < 1.29 is 22.6 Å². The smallest absolute Gasteiger partial charge is 0.262 e. The molecule has 0 aliphatic carbocycles. The van der Waals surface area contributed by atoms with Crippen LogP contribution in [-0.2, 0) is 14.8 Å². The largest absolute Gasteiger partial charge is 0.491 e. The second-order valence-corrected chi connectivity index (χ2v) is 11.6. The van der Waals surface area contributed by atoms with Crippen LogP contribution in [0.2, 0.25) is 0 Å². The number of ether oxygens (including phenoxy) is 3. The van der Waals surface area contributed by atoms with Crippen molar-refractivity contribution in [1.82, 2.24) is 13.8 Å². The number of sulfonamides is 1. The normalized spacial score (nSPS) is 25.1. The Labute approximate surface area is 218 Å². The maximum absolute atomic E-state index is 13.2. The Hall–Kier alpha value is -2.76. The molecule has 198 valence electrons. The standard InChI is InChI=1S/C27H35N4O5S/c1-34-25-9-10-26(29-27(25)36-23-13-17-35-20-23)31(16-5-6-21(18-28)19-31)22-11-14-30(15-12-22)37(32,33)24-7-3-2-4-8-24/h2-10,19,22-23H,11-18,20,28H2,1H3/q+1. The molecule has 0 radical (unpaired) electrons. The van der Waals surface area contributed by atoms with Crippen LogP contribution in [0.5, 0.6) is 11.6 Å². The second kappa shape index (κ2) is 10.9. The van der Waals surface area contributed by atoms with E-state index in [1.165, 1.54) is 0 Å². The number of methoxy groups -OCH3 is 1. The van der Waals surface area contributed by atoms with Crippen LogP contribution < -0.4 is 19.7 Å². The van der Waals surface area contributed by atoms with Crippen LogP contribution in [0.3, 0.4) is 0 Å². The van der Waals surface area contributed by atoms with Crippen LogP contribution in [0.1, 0.15) is 19.3 Å². The number of piperidine rings is 1. The Morgan fingerprint density at radius 1 is 1.14 bits per heavy atom. The fourth-order valence-corrected chi connectivity index (χ4v) is 6.92. The van der Waals surface area contributed by atoms with Gasteiger partial charge < -0.3 is 19.9 Å². The predicted octanol–water partition coefficient (Wildman–Crippen LogP) is 2.83. The number of nitrogens with zero attached hydrogens (tertiary/aromatic N) is 3. The van der Waals surface area contributed by atoms with Crippen molar-refractivity contribution in [2.45, 2.75) is 36.3 Å². The molecule has 3 aliphatic rings. The molecule has 0 spiro atoms. The van der Waals surface area contributed by atoms with Gasteiger partial charge in [-0.15, -0.1) is 0 Å².